The van der Waals surface area contributed by atoms with Gasteiger partial charge in [0.05, 0.1) is 0 Å². The molecule has 1 atom stereocenters. The van der Waals surface area contributed by atoms with E-state index in [0.717, 1.165) is 27.2 Å². The highest BCUT2D eigenvalue weighted by molar-refractivity contribution is 5.93. The molecule has 178 valence electrons. The summed E-state index contributed by atoms with van der Waals surface area (Å²) in [6.45, 7) is -0.298. The fraction of sp³-hybridized carbons (Fsp3) is 0.375. The Morgan fingerprint density at radius 1 is 1.06 bits per heavy atom. The molecule has 3 fully saturated rings. The van der Waals surface area contributed by atoms with Crippen LogP contribution in [0.15, 0.2) is 48.5 Å². The van der Waals surface area contributed by atoms with Gasteiger partial charge in [0.25, 0.3) is 5.91 Å². The number of halogens is 3. The monoisotopic (exact) mass is 474 g/mol. The highest BCUT2D eigenvalue weighted by atomic mass is 19.4. The van der Waals surface area contributed by atoms with Gasteiger partial charge in [0, 0.05) is 12.5 Å². The van der Waals surface area contributed by atoms with Crippen LogP contribution in [0.1, 0.15) is 29.9 Å². The maximum atomic E-state index is 13.7. The topological polar surface area (TPSA) is 95.9 Å². The van der Waals surface area contributed by atoms with E-state index in [-0.39, 0.29) is 37.8 Å². The van der Waals surface area contributed by atoms with Crippen molar-refractivity contribution in [1.29, 1.82) is 0 Å². The van der Waals surface area contributed by atoms with Gasteiger partial charge >= 0.3 is 18.2 Å². The van der Waals surface area contributed by atoms with Crippen LogP contribution in [0.25, 0.3) is 11.1 Å². The first-order valence-electron chi connectivity index (χ1n) is 10.8. The number of carboxylic acid groups (broad SMARTS) is 1. The Morgan fingerprint density at radius 2 is 1.62 bits per heavy atom. The van der Waals surface area contributed by atoms with Crippen LogP contribution in [0.4, 0.5) is 18.0 Å². The SMILES string of the molecule is O=C(NC(C(=O)N1CC2CC1(C(=O)O)C2)C(F)(F)F)OCC1c2ccccc2-c2ccccc21. The molecular formula is C24H21F3N2O5. The second-order valence-corrected chi connectivity index (χ2v) is 9.00. The van der Waals surface area contributed by atoms with Crippen molar-refractivity contribution in [3.8, 4) is 11.1 Å². The summed E-state index contributed by atoms with van der Waals surface area (Å²) in [5, 5.41) is 11.1. The van der Waals surface area contributed by atoms with Crippen LogP contribution in [0.2, 0.25) is 0 Å². The molecule has 4 aliphatic rings. The minimum atomic E-state index is -5.12. The molecule has 0 radical (unpaired) electrons. The van der Waals surface area contributed by atoms with Gasteiger partial charge in [-0.05, 0) is 41.0 Å². The van der Waals surface area contributed by atoms with Crippen LogP contribution in [0, 0.1) is 5.92 Å². The summed E-state index contributed by atoms with van der Waals surface area (Å²) in [5.74, 6) is -3.33. The predicted molar refractivity (Wildman–Crippen MR) is 113 cm³/mol. The standard InChI is InChI=1S/C24H21F3N2O5/c25-24(26,27)19(20(30)29-11-13-9-23(29,10-13)21(31)32)28-22(33)34-12-18-16-7-3-1-5-14(16)15-6-2-4-8-17(15)18/h1-8,13,18-19H,9-12H2,(H,28,33)(H,31,32). The van der Waals surface area contributed by atoms with Gasteiger partial charge in [-0.2, -0.15) is 13.2 Å². The van der Waals surface area contributed by atoms with Crippen LogP contribution < -0.4 is 5.32 Å². The largest absolute Gasteiger partial charge is 0.479 e. The Labute approximate surface area is 192 Å². The molecule has 2 amide bonds. The number of carbonyl (C=O) groups excluding carboxylic acids is 2. The average molecular weight is 474 g/mol. The third-order valence-electron chi connectivity index (χ3n) is 7.05. The van der Waals surface area contributed by atoms with E-state index < -0.39 is 35.7 Å². The lowest BCUT2D eigenvalue weighted by atomic mass is 9.73. The highest BCUT2D eigenvalue weighted by Crippen LogP contribution is 2.51. The van der Waals surface area contributed by atoms with Crippen LogP contribution in [-0.2, 0) is 14.3 Å². The number of carboxylic acids is 1. The molecule has 10 heteroatoms. The van der Waals surface area contributed by atoms with Crippen LogP contribution in [0.5, 0.6) is 0 Å². The van der Waals surface area contributed by atoms with E-state index in [1.807, 2.05) is 48.5 Å². The molecule has 2 bridgehead atoms. The van der Waals surface area contributed by atoms with E-state index in [0.29, 0.717) is 0 Å². The molecule has 2 N–H and O–H groups in total. The summed E-state index contributed by atoms with van der Waals surface area (Å²) >= 11 is 0. The smallest absolute Gasteiger partial charge is 0.417 e. The van der Waals surface area contributed by atoms with Crippen molar-refractivity contribution >= 4 is 18.0 Å². The van der Waals surface area contributed by atoms with Gasteiger partial charge in [-0.25, -0.2) is 9.59 Å². The molecule has 2 saturated heterocycles. The minimum Gasteiger partial charge on any atom is -0.479 e. The van der Waals surface area contributed by atoms with E-state index in [1.165, 1.54) is 0 Å². The summed E-state index contributed by atoms with van der Waals surface area (Å²) in [5.41, 5.74) is 2.07. The molecule has 2 aliphatic heterocycles. The summed E-state index contributed by atoms with van der Waals surface area (Å²) in [7, 11) is 0. The number of hydrogen-bond donors (Lipinski definition) is 2. The number of alkyl carbamates (subject to hydrolysis) is 1. The first-order chi connectivity index (χ1) is 16.1. The number of aliphatic carboxylic acids is 1. The van der Waals surface area contributed by atoms with Crippen molar-refractivity contribution in [2.45, 2.75) is 36.5 Å². The molecule has 0 aromatic heterocycles. The third-order valence-corrected chi connectivity index (χ3v) is 7.05. The number of hydrogen-bond acceptors (Lipinski definition) is 4. The van der Waals surface area contributed by atoms with Crippen molar-refractivity contribution in [3.05, 3.63) is 59.7 Å². The quantitative estimate of drug-likeness (QED) is 0.691. The van der Waals surface area contributed by atoms with Crippen molar-refractivity contribution in [1.82, 2.24) is 10.2 Å². The molecule has 1 saturated carbocycles. The van der Waals surface area contributed by atoms with Gasteiger partial charge < -0.3 is 20.1 Å². The van der Waals surface area contributed by atoms with Gasteiger partial charge in [0.15, 0.2) is 0 Å². The van der Waals surface area contributed by atoms with E-state index in [2.05, 4.69) is 0 Å². The van der Waals surface area contributed by atoms with E-state index in [4.69, 9.17) is 4.74 Å². The zero-order valence-corrected chi connectivity index (χ0v) is 17.8. The number of nitrogens with one attached hydrogen (secondary N) is 1. The molecule has 2 aromatic carbocycles. The van der Waals surface area contributed by atoms with Gasteiger partial charge in [0.1, 0.15) is 12.1 Å². The lowest BCUT2D eigenvalue weighted by Gasteiger charge is -2.39. The summed E-state index contributed by atoms with van der Waals surface area (Å²) in [6, 6.07) is 12.1. The molecule has 7 nitrogen and oxygen atoms in total. The molecule has 34 heavy (non-hydrogen) atoms. The number of rotatable bonds is 5. The van der Waals surface area contributed by atoms with Gasteiger partial charge in [0.2, 0.25) is 6.04 Å². The van der Waals surface area contributed by atoms with E-state index in [1.54, 1.807) is 5.32 Å². The molecular weight excluding hydrogens is 453 g/mol. The molecule has 6 rings (SSSR count). The maximum Gasteiger partial charge on any atom is 0.417 e. The second-order valence-electron chi connectivity index (χ2n) is 9.00. The Balaban J connectivity index is 1.30. The predicted octanol–water partition coefficient (Wildman–Crippen LogP) is 3.53. The number of alkyl halides is 3. The molecule has 2 heterocycles. The number of fused-ring (bicyclic) bond motifs is 4. The number of nitrogens with zero attached hydrogens (tertiary/aromatic N) is 1. The minimum absolute atomic E-state index is 0.0793. The second kappa shape index (κ2) is 7.75. The fourth-order valence-corrected chi connectivity index (χ4v) is 5.47. The first-order valence-corrected chi connectivity index (χ1v) is 10.8. The summed E-state index contributed by atoms with van der Waals surface area (Å²) < 4.78 is 46.3. The number of benzene rings is 2. The third kappa shape index (κ3) is 3.39. The van der Waals surface area contributed by atoms with Gasteiger partial charge in [-0.3, -0.25) is 4.79 Å². The number of ether oxygens (including phenoxy) is 1. The lowest BCUT2D eigenvalue weighted by Crippen LogP contribution is -2.62. The van der Waals surface area contributed by atoms with Gasteiger partial charge in [-0.15, -0.1) is 0 Å². The molecule has 2 aromatic rings. The van der Waals surface area contributed by atoms with E-state index in [9.17, 15) is 32.7 Å². The molecule has 1 unspecified atom stereocenters. The van der Waals surface area contributed by atoms with Gasteiger partial charge in [-0.1, -0.05) is 48.5 Å². The Morgan fingerprint density at radius 3 is 2.15 bits per heavy atom. The van der Waals surface area contributed by atoms with Crippen LogP contribution in [0.3, 0.4) is 0 Å². The Hall–Kier alpha value is -3.56. The first kappa shape index (κ1) is 22.2. The Bertz CT molecular complexity index is 1130. The van der Waals surface area contributed by atoms with Crippen molar-refractivity contribution in [2.24, 2.45) is 5.92 Å². The van der Waals surface area contributed by atoms with Crippen molar-refractivity contribution in [2.75, 3.05) is 13.2 Å². The zero-order chi connectivity index (χ0) is 24.3. The lowest BCUT2D eigenvalue weighted by molar-refractivity contribution is -0.180. The number of carbonyl (C=O) groups is 3. The zero-order valence-electron chi connectivity index (χ0n) is 17.8. The molecule has 0 spiro atoms. The average Bonchev–Trinajstić information content (AvgIpc) is 3.43. The normalized spacial score (nSPS) is 23.5. The highest BCUT2D eigenvalue weighted by Gasteiger charge is 2.65. The fourth-order valence-electron chi connectivity index (χ4n) is 5.47. The van der Waals surface area contributed by atoms with Crippen LogP contribution >= 0.6 is 0 Å². The maximum absolute atomic E-state index is 13.7. The van der Waals surface area contributed by atoms with E-state index >= 15 is 0 Å². The summed E-state index contributed by atoms with van der Waals surface area (Å²) in [4.78, 5) is 37.5. The summed E-state index contributed by atoms with van der Waals surface area (Å²) in [6.07, 6.45) is -6.28. The Kier molecular flexibility index (Phi) is 5.07. The number of amides is 2. The molecule has 2 aliphatic carbocycles. The van der Waals surface area contributed by atoms with Crippen LogP contribution in [-0.4, -0.2) is 58.9 Å². The van der Waals surface area contributed by atoms with Crippen molar-refractivity contribution < 1.29 is 37.4 Å². The van der Waals surface area contributed by atoms with Crippen molar-refractivity contribution in [3.63, 3.8) is 0 Å².